The van der Waals surface area contributed by atoms with E-state index in [-0.39, 0.29) is 42.0 Å². The van der Waals surface area contributed by atoms with Gasteiger partial charge in [0.2, 0.25) is 0 Å². The van der Waals surface area contributed by atoms with Crippen molar-refractivity contribution < 1.29 is 23.0 Å². The van der Waals surface area contributed by atoms with Gasteiger partial charge in [0.25, 0.3) is 0 Å². The molecule has 0 saturated heterocycles. The third-order valence-electron chi connectivity index (χ3n) is 4.39. The van der Waals surface area contributed by atoms with Gasteiger partial charge in [0.15, 0.2) is 23.3 Å². The molecule has 0 radical (unpaired) electrons. The van der Waals surface area contributed by atoms with Crippen LogP contribution in [-0.4, -0.2) is 54.2 Å². The first-order valence-corrected chi connectivity index (χ1v) is 10.0. The van der Waals surface area contributed by atoms with Crippen LogP contribution in [0.4, 0.5) is 8.78 Å². The summed E-state index contributed by atoms with van der Waals surface area (Å²) in [5, 5.41) is 14.6. The minimum Gasteiger partial charge on any atom is -0.490 e. The van der Waals surface area contributed by atoms with Crippen LogP contribution in [0.2, 0.25) is 0 Å². The van der Waals surface area contributed by atoms with Crippen molar-refractivity contribution in [3.63, 3.8) is 0 Å². The summed E-state index contributed by atoms with van der Waals surface area (Å²) in [6.07, 6.45) is 0.778. The molecule has 2 N–H and O–H groups in total. The molecule has 180 valence electrons. The summed E-state index contributed by atoms with van der Waals surface area (Å²) >= 11 is 0. The molecule has 0 aliphatic heterocycles. The van der Waals surface area contributed by atoms with E-state index < -0.39 is 6.61 Å². The van der Waals surface area contributed by atoms with Crippen molar-refractivity contribution in [1.29, 1.82) is 0 Å². The Kier molecular flexibility index (Phi) is 12.8. The van der Waals surface area contributed by atoms with Crippen molar-refractivity contribution in [2.24, 2.45) is 12.0 Å². The van der Waals surface area contributed by atoms with E-state index in [1.165, 1.54) is 0 Å². The molecular formula is C20H31F2IN6O3. The molecule has 0 fully saturated rings. The Balaban J connectivity index is 0.00000512. The molecule has 0 aliphatic rings. The van der Waals surface area contributed by atoms with Gasteiger partial charge in [-0.15, -0.1) is 34.2 Å². The number of halogens is 3. The first-order valence-electron chi connectivity index (χ1n) is 10.0. The van der Waals surface area contributed by atoms with Gasteiger partial charge in [-0.1, -0.05) is 12.1 Å². The Morgan fingerprint density at radius 1 is 1.25 bits per heavy atom. The number of nitrogens with one attached hydrogen (secondary N) is 2. The number of aromatic nitrogens is 3. The van der Waals surface area contributed by atoms with Gasteiger partial charge in [-0.25, -0.2) is 4.99 Å². The monoisotopic (exact) mass is 568 g/mol. The first kappa shape index (κ1) is 27.8. The summed E-state index contributed by atoms with van der Waals surface area (Å²) < 4.78 is 43.0. The average Bonchev–Trinajstić information content (AvgIpc) is 3.06. The molecule has 0 unspecified atom stereocenters. The molecule has 0 atom stereocenters. The number of aryl methyl sites for hydroxylation is 1. The van der Waals surface area contributed by atoms with Gasteiger partial charge in [0, 0.05) is 32.9 Å². The van der Waals surface area contributed by atoms with Gasteiger partial charge in [0.05, 0.1) is 19.7 Å². The van der Waals surface area contributed by atoms with Crippen LogP contribution in [-0.2, 0) is 24.9 Å². The summed E-state index contributed by atoms with van der Waals surface area (Å²) in [5.74, 6) is 2.29. The zero-order valence-electron chi connectivity index (χ0n) is 18.7. The molecule has 0 spiro atoms. The quantitative estimate of drug-likeness (QED) is 0.176. The molecular weight excluding hydrogens is 537 g/mol. The zero-order chi connectivity index (χ0) is 22.6. The number of methoxy groups -OCH3 is 1. The Morgan fingerprint density at radius 2 is 2.03 bits per heavy atom. The lowest BCUT2D eigenvalue weighted by Gasteiger charge is -2.16. The molecule has 1 heterocycles. The van der Waals surface area contributed by atoms with Crippen LogP contribution in [0.1, 0.15) is 30.6 Å². The lowest BCUT2D eigenvalue weighted by Crippen LogP contribution is -2.38. The predicted molar refractivity (Wildman–Crippen MR) is 128 cm³/mol. The average molecular weight is 568 g/mol. The maximum absolute atomic E-state index is 12.9. The van der Waals surface area contributed by atoms with Crippen LogP contribution in [0, 0.1) is 6.92 Å². The number of hydrogen-bond donors (Lipinski definition) is 2. The highest BCUT2D eigenvalue weighted by Crippen LogP contribution is 2.33. The fourth-order valence-electron chi connectivity index (χ4n) is 2.71. The maximum Gasteiger partial charge on any atom is 0.387 e. The summed E-state index contributed by atoms with van der Waals surface area (Å²) in [7, 11) is 3.52. The second-order valence-corrected chi connectivity index (χ2v) is 6.57. The smallest absolute Gasteiger partial charge is 0.387 e. The summed E-state index contributed by atoms with van der Waals surface area (Å²) in [4.78, 5) is 4.53. The van der Waals surface area contributed by atoms with Crippen LogP contribution < -0.4 is 20.1 Å². The number of rotatable bonds is 12. The minimum absolute atomic E-state index is 0. The third-order valence-corrected chi connectivity index (χ3v) is 4.39. The Morgan fingerprint density at radius 3 is 2.66 bits per heavy atom. The predicted octanol–water partition coefficient (Wildman–Crippen LogP) is 3.01. The van der Waals surface area contributed by atoms with E-state index in [0.717, 1.165) is 18.1 Å². The highest BCUT2D eigenvalue weighted by atomic mass is 127. The van der Waals surface area contributed by atoms with Gasteiger partial charge in [-0.05, 0) is 26.3 Å². The largest absolute Gasteiger partial charge is 0.490 e. The molecule has 1 aromatic heterocycles. The summed E-state index contributed by atoms with van der Waals surface area (Å²) in [5.41, 5.74) is 0.485. The number of guanidine groups is 1. The molecule has 12 heteroatoms. The van der Waals surface area contributed by atoms with Gasteiger partial charge in [0.1, 0.15) is 5.82 Å². The molecule has 0 saturated carbocycles. The van der Waals surface area contributed by atoms with E-state index in [1.807, 2.05) is 18.5 Å². The van der Waals surface area contributed by atoms with E-state index >= 15 is 0 Å². The van der Waals surface area contributed by atoms with Crippen molar-refractivity contribution in [1.82, 2.24) is 25.4 Å². The van der Waals surface area contributed by atoms with Gasteiger partial charge >= 0.3 is 6.61 Å². The normalized spacial score (nSPS) is 11.3. The number of hydrogen-bond acceptors (Lipinski definition) is 6. The Bertz CT molecular complexity index is 851. The van der Waals surface area contributed by atoms with Crippen molar-refractivity contribution in [3.8, 4) is 11.5 Å². The molecule has 2 rings (SSSR count). The number of para-hydroxylation sites is 1. The second-order valence-electron chi connectivity index (χ2n) is 6.57. The second kappa shape index (κ2) is 14.8. The third kappa shape index (κ3) is 8.73. The van der Waals surface area contributed by atoms with Crippen LogP contribution >= 0.6 is 24.0 Å². The SMILES string of the molecule is CCOc1cccc(CN=C(NCCCOC)NCc2nnc(C)n2C)c1OC(F)F.I. The van der Waals surface area contributed by atoms with Crippen molar-refractivity contribution in [2.45, 2.75) is 40.0 Å². The number of benzene rings is 1. The van der Waals surface area contributed by atoms with E-state index in [4.69, 9.17) is 14.2 Å². The number of ether oxygens (including phenoxy) is 3. The van der Waals surface area contributed by atoms with Gasteiger partial charge < -0.3 is 29.4 Å². The first-order chi connectivity index (χ1) is 15.0. The Labute approximate surface area is 204 Å². The van der Waals surface area contributed by atoms with Crippen LogP contribution in [0.15, 0.2) is 23.2 Å². The maximum atomic E-state index is 12.9. The lowest BCUT2D eigenvalue weighted by atomic mass is 10.2. The Hall–Kier alpha value is -2.22. The van der Waals surface area contributed by atoms with E-state index in [2.05, 4.69) is 25.8 Å². The topological polar surface area (TPSA) is 94.8 Å². The molecule has 0 bridgehead atoms. The van der Waals surface area contributed by atoms with Gasteiger partial charge in [-0.2, -0.15) is 8.78 Å². The number of nitrogens with zero attached hydrogens (tertiary/aromatic N) is 4. The summed E-state index contributed by atoms with van der Waals surface area (Å²) in [6.45, 7) is 2.74. The molecule has 1 aromatic carbocycles. The molecule has 0 aliphatic carbocycles. The molecule has 32 heavy (non-hydrogen) atoms. The summed E-state index contributed by atoms with van der Waals surface area (Å²) in [6, 6.07) is 4.99. The van der Waals surface area contributed by atoms with Crippen LogP contribution in [0.3, 0.4) is 0 Å². The fraction of sp³-hybridized carbons (Fsp3) is 0.550. The van der Waals surface area contributed by atoms with Crippen molar-refractivity contribution in [2.75, 3.05) is 26.9 Å². The van der Waals surface area contributed by atoms with Crippen molar-refractivity contribution >= 4 is 29.9 Å². The fourth-order valence-corrected chi connectivity index (χ4v) is 2.71. The van der Waals surface area contributed by atoms with E-state index in [0.29, 0.717) is 37.8 Å². The minimum atomic E-state index is -2.96. The molecule has 2 aromatic rings. The zero-order valence-corrected chi connectivity index (χ0v) is 21.1. The number of alkyl halides is 2. The molecule has 9 nitrogen and oxygen atoms in total. The molecule has 0 amide bonds. The highest BCUT2D eigenvalue weighted by molar-refractivity contribution is 14.0. The van der Waals surface area contributed by atoms with E-state index in [9.17, 15) is 8.78 Å². The lowest BCUT2D eigenvalue weighted by molar-refractivity contribution is -0.0520. The van der Waals surface area contributed by atoms with Crippen LogP contribution in [0.25, 0.3) is 0 Å². The highest BCUT2D eigenvalue weighted by Gasteiger charge is 2.16. The van der Waals surface area contributed by atoms with Crippen molar-refractivity contribution in [3.05, 3.63) is 35.4 Å². The van der Waals surface area contributed by atoms with Gasteiger partial charge in [-0.3, -0.25) is 0 Å². The standard InChI is InChI=1S/C20H30F2N6O3.HI/c1-5-30-16-9-6-8-15(18(16)31-19(21)22)12-24-20(23-10-7-11-29-4)25-13-17-27-26-14(2)28(17)3;/h6,8-9,19H,5,7,10-13H2,1-4H3,(H2,23,24,25);1H. The number of aliphatic imine (C=N–C) groups is 1. The van der Waals surface area contributed by atoms with E-state index in [1.54, 1.807) is 32.2 Å². The van der Waals surface area contributed by atoms with Crippen LogP contribution in [0.5, 0.6) is 11.5 Å².